The van der Waals surface area contributed by atoms with Gasteiger partial charge in [-0.25, -0.2) is 26.5 Å². The number of aliphatic imine (C=N–C) groups is 1. The molecule has 168 valence electrons. The van der Waals surface area contributed by atoms with Crippen molar-refractivity contribution in [2.45, 2.75) is 19.4 Å². The molecule has 0 spiro atoms. The Labute approximate surface area is 183 Å². The number of anilines is 1. The normalized spacial score (nSPS) is 15.2. The Morgan fingerprint density at radius 2 is 1.88 bits per heavy atom. The standard InChI is InChI=1S/C21H22F2N6O2S/c1-11-6-13-4-5-17(19-18(13)21(27-28(19)2)29(11)32(3,30)31)26-20(25)16(24)9-12-7-14(22)10-15(23)8-12/h4-8,10,16H,9,24H2,1-3H3,(H2,25,26)/t16-/m0/s1. The number of amidine groups is 1. The highest BCUT2D eigenvalue weighted by atomic mass is 32.2. The summed E-state index contributed by atoms with van der Waals surface area (Å²) in [6.45, 7) is 1.70. The number of aryl methyl sites for hydroxylation is 1. The van der Waals surface area contributed by atoms with Gasteiger partial charge in [0.2, 0.25) is 10.0 Å². The van der Waals surface area contributed by atoms with E-state index in [1.54, 1.807) is 36.9 Å². The second-order valence-electron chi connectivity index (χ2n) is 7.78. The molecule has 0 saturated heterocycles. The smallest absolute Gasteiger partial charge is 0.237 e. The summed E-state index contributed by atoms with van der Waals surface area (Å²) in [4.78, 5) is 4.44. The number of nitrogens with two attached hydrogens (primary N) is 2. The fraction of sp³-hybridized carbons (Fsp3) is 0.238. The molecule has 0 amide bonds. The van der Waals surface area contributed by atoms with Gasteiger partial charge in [0.25, 0.3) is 0 Å². The van der Waals surface area contributed by atoms with Crippen LogP contribution in [0.15, 0.2) is 41.0 Å². The molecule has 8 nitrogen and oxygen atoms in total. The molecular formula is C21H22F2N6O2S. The molecule has 0 radical (unpaired) electrons. The van der Waals surface area contributed by atoms with Crippen molar-refractivity contribution in [1.82, 2.24) is 9.78 Å². The summed E-state index contributed by atoms with van der Waals surface area (Å²) in [5.41, 5.74) is 15.0. The lowest BCUT2D eigenvalue weighted by molar-refractivity contribution is 0.578. The maximum Gasteiger partial charge on any atom is 0.237 e. The Balaban J connectivity index is 1.76. The maximum atomic E-state index is 13.5. The minimum absolute atomic E-state index is 0.0650. The van der Waals surface area contributed by atoms with Gasteiger partial charge in [0.1, 0.15) is 17.5 Å². The minimum Gasteiger partial charge on any atom is -0.386 e. The first-order valence-electron chi connectivity index (χ1n) is 9.68. The summed E-state index contributed by atoms with van der Waals surface area (Å²) in [6, 6.07) is 5.92. The van der Waals surface area contributed by atoms with Crippen molar-refractivity contribution in [3.8, 4) is 0 Å². The molecule has 0 fully saturated rings. The van der Waals surface area contributed by atoms with E-state index < -0.39 is 27.7 Å². The van der Waals surface area contributed by atoms with Crippen LogP contribution in [0.2, 0.25) is 0 Å². The van der Waals surface area contributed by atoms with Gasteiger partial charge in [0, 0.05) is 18.8 Å². The van der Waals surface area contributed by atoms with Gasteiger partial charge >= 0.3 is 0 Å². The molecule has 3 aromatic rings. The Morgan fingerprint density at radius 3 is 2.50 bits per heavy atom. The third-order valence-electron chi connectivity index (χ3n) is 5.20. The number of sulfonamides is 1. The second kappa shape index (κ2) is 7.68. The zero-order valence-electron chi connectivity index (χ0n) is 17.7. The van der Waals surface area contributed by atoms with Crippen molar-refractivity contribution < 1.29 is 17.2 Å². The van der Waals surface area contributed by atoms with Crippen LogP contribution in [0.3, 0.4) is 0 Å². The van der Waals surface area contributed by atoms with E-state index in [1.165, 1.54) is 16.4 Å². The molecule has 32 heavy (non-hydrogen) atoms. The zero-order chi connectivity index (χ0) is 23.4. The fourth-order valence-corrected chi connectivity index (χ4v) is 4.95. The zero-order valence-corrected chi connectivity index (χ0v) is 18.5. The summed E-state index contributed by atoms with van der Waals surface area (Å²) in [5.74, 6) is -1.04. The van der Waals surface area contributed by atoms with Crippen molar-refractivity contribution in [2.75, 3.05) is 10.6 Å². The third-order valence-corrected chi connectivity index (χ3v) is 6.32. The van der Waals surface area contributed by atoms with Gasteiger partial charge in [-0.1, -0.05) is 6.07 Å². The lowest BCUT2D eigenvalue weighted by Gasteiger charge is -2.24. The summed E-state index contributed by atoms with van der Waals surface area (Å²) < 4.78 is 54.3. The first kappa shape index (κ1) is 21.9. The van der Waals surface area contributed by atoms with E-state index in [0.717, 1.165) is 17.9 Å². The summed E-state index contributed by atoms with van der Waals surface area (Å²) in [6.07, 6.45) is 2.97. The Bertz CT molecular complexity index is 1390. The van der Waals surface area contributed by atoms with Crippen molar-refractivity contribution in [3.05, 3.63) is 58.8 Å². The molecular weight excluding hydrogens is 438 g/mol. The predicted octanol–water partition coefficient (Wildman–Crippen LogP) is 2.55. The Hall–Kier alpha value is -3.31. The van der Waals surface area contributed by atoms with Crippen LogP contribution in [0.4, 0.5) is 20.3 Å². The van der Waals surface area contributed by atoms with Gasteiger partial charge in [-0.2, -0.15) is 5.10 Å². The summed E-state index contributed by atoms with van der Waals surface area (Å²) >= 11 is 0. The highest BCUT2D eigenvalue weighted by molar-refractivity contribution is 7.92. The average Bonchev–Trinajstić information content (AvgIpc) is 2.99. The van der Waals surface area contributed by atoms with Gasteiger partial charge in [0.05, 0.1) is 28.9 Å². The molecule has 11 heteroatoms. The van der Waals surface area contributed by atoms with E-state index in [9.17, 15) is 17.2 Å². The van der Waals surface area contributed by atoms with E-state index in [0.29, 0.717) is 27.9 Å². The molecule has 2 aromatic carbocycles. The Kier molecular flexibility index (Phi) is 5.25. The lowest BCUT2D eigenvalue weighted by atomic mass is 10.0. The van der Waals surface area contributed by atoms with E-state index >= 15 is 0 Å². The fourth-order valence-electron chi connectivity index (χ4n) is 3.93. The minimum atomic E-state index is -3.59. The quantitative estimate of drug-likeness (QED) is 0.448. The topological polar surface area (TPSA) is 120 Å². The molecule has 4 rings (SSSR count). The van der Waals surface area contributed by atoms with Crippen molar-refractivity contribution in [2.24, 2.45) is 23.5 Å². The van der Waals surface area contributed by atoms with Crippen LogP contribution in [0.1, 0.15) is 18.1 Å². The molecule has 0 bridgehead atoms. The van der Waals surface area contributed by atoms with Crippen molar-refractivity contribution >= 4 is 44.3 Å². The second-order valence-corrected chi connectivity index (χ2v) is 9.61. The highest BCUT2D eigenvalue weighted by Crippen LogP contribution is 2.41. The van der Waals surface area contributed by atoms with Crippen LogP contribution in [0.5, 0.6) is 0 Å². The molecule has 0 saturated carbocycles. The predicted molar refractivity (Wildman–Crippen MR) is 121 cm³/mol. The highest BCUT2D eigenvalue weighted by Gasteiger charge is 2.30. The van der Waals surface area contributed by atoms with Crippen LogP contribution >= 0.6 is 0 Å². The largest absolute Gasteiger partial charge is 0.386 e. The van der Waals surface area contributed by atoms with Crippen LogP contribution in [0.25, 0.3) is 17.0 Å². The average molecular weight is 461 g/mol. The third kappa shape index (κ3) is 3.84. The van der Waals surface area contributed by atoms with Gasteiger partial charge in [-0.3, -0.25) is 4.68 Å². The molecule has 0 unspecified atom stereocenters. The first-order chi connectivity index (χ1) is 15.0. The monoisotopic (exact) mass is 460 g/mol. The van der Waals surface area contributed by atoms with E-state index in [2.05, 4.69) is 10.1 Å². The number of aromatic nitrogens is 2. The number of halogens is 2. The number of rotatable bonds is 5. The van der Waals surface area contributed by atoms with Crippen LogP contribution < -0.4 is 15.8 Å². The summed E-state index contributed by atoms with van der Waals surface area (Å²) in [5, 5.41) is 5.04. The molecule has 0 aliphatic carbocycles. The van der Waals surface area contributed by atoms with Crippen molar-refractivity contribution in [1.29, 1.82) is 0 Å². The van der Waals surface area contributed by atoms with Gasteiger partial charge < -0.3 is 11.5 Å². The van der Waals surface area contributed by atoms with Crippen molar-refractivity contribution in [3.63, 3.8) is 0 Å². The van der Waals surface area contributed by atoms with Gasteiger partial charge in [-0.05, 0) is 48.7 Å². The van der Waals surface area contributed by atoms with E-state index in [-0.39, 0.29) is 18.1 Å². The molecule has 1 atom stereocenters. The molecule has 1 aliphatic heterocycles. The summed E-state index contributed by atoms with van der Waals surface area (Å²) in [7, 11) is -1.91. The number of allylic oxidation sites excluding steroid dienone is 1. The SMILES string of the molecule is CC1=Cc2ccc(N=C(N)[C@@H](N)Cc3cc(F)cc(F)c3)c3c2c(nn3C)N1S(C)(=O)=O. The molecule has 4 N–H and O–H groups in total. The van der Waals surface area contributed by atoms with Gasteiger partial charge in [-0.15, -0.1) is 0 Å². The molecule has 1 aromatic heterocycles. The number of hydrogen-bond donors (Lipinski definition) is 2. The molecule has 1 aliphatic rings. The molecule has 2 heterocycles. The van der Waals surface area contributed by atoms with Crippen LogP contribution in [0, 0.1) is 11.6 Å². The number of benzene rings is 2. The van der Waals surface area contributed by atoms with E-state index in [1.807, 2.05) is 0 Å². The van der Waals surface area contributed by atoms with Crippen LogP contribution in [-0.4, -0.2) is 36.3 Å². The Morgan fingerprint density at radius 1 is 1.22 bits per heavy atom. The van der Waals surface area contributed by atoms with E-state index in [4.69, 9.17) is 11.5 Å². The number of nitrogens with zero attached hydrogens (tertiary/aromatic N) is 4. The lowest BCUT2D eigenvalue weighted by Crippen LogP contribution is -2.38. The number of hydrogen-bond acceptors (Lipinski definition) is 5. The maximum absolute atomic E-state index is 13.5. The van der Waals surface area contributed by atoms with Gasteiger partial charge in [0.15, 0.2) is 5.82 Å². The first-order valence-corrected chi connectivity index (χ1v) is 11.5. The van der Waals surface area contributed by atoms with Crippen LogP contribution in [-0.2, 0) is 23.5 Å².